The van der Waals surface area contributed by atoms with Crippen LogP contribution >= 0.6 is 11.8 Å². The van der Waals surface area contributed by atoms with Gasteiger partial charge in [-0.3, -0.25) is 9.59 Å². The Bertz CT molecular complexity index is 1270. The van der Waals surface area contributed by atoms with Crippen LogP contribution in [0.3, 0.4) is 0 Å². The summed E-state index contributed by atoms with van der Waals surface area (Å²) < 4.78 is 13.1. The highest BCUT2D eigenvalue weighted by atomic mass is 32.2. The maximum atomic E-state index is 13.1. The summed E-state index contributed by atoms with van der Waals surface area (Å²) in [4.78, 5) is 30.1. The molecule has 0 saturated carbocycles. The molecule has 0 radical (unpaired) electrons. The van der Waals surface area contributed by atoms with E-state index in [2.05, 4.69) is 35.4 Å². The molecule has 2 aromatic carbocycles. The van der Waals surface area contributed by atoms with Crippen LogP contribution in [0.4, 0.5) is 5.82 Å². The number of nitrogens with zero attached hydrogens (tertiary/aromatic N) is 2. The molecule has 3 aromatic rings. The van der Waals surface area contributed by atoms with Crippen LogP contribution in [0.2, 0.25) is 0 Å². The van der Waals surface area contributed by atoms with Crippen molar-refractivity contribution in [1.29, 1.82) is 0 Å². The molecule has 1 amide bonds. The van der Waals surface area contributed by atoms with E-state index in [4.69, 9.17) is 9.47 Å². The lowest BCUT2D eigenvalue weighted by atomic mass is 9.86. The molecule has 0 saturated heterocycles. The number of hydrogen-bond acceptors (Lipinski definition) is 6. The average Bonchev–Trinajstić information content (AvgIpc) is 2.79. The summed E-state index contributed by atoms with van der Waals surface area (Å²) in [7, 11) is 1.83. The third-order valence-corrected chi connectivity index (χ3v) is 6.82. The second kappa shape index (κ2) is 8.35. The highest BCUT2D eigenvalue weighted by Crippen LogP contribution is 2.40. The molecule has 0 fully saturated rings. The van der Waals surface area contributed by atoms with Crippen LogP contribution in [0, 0.1) is 6.92 Å². The zero-order valence-corrected chi connectivity index (χ0v) is 18.7. The summed E-state index contributed by atoms with van der Waals surface area (Å²) in [5, 5.41) is 3.46. The summed E-state index contributed by atoms with van der Waals surface area (Å²) in [5.74, 6) is 1.98. The zero-order chi connectivity index (χ0) is 22.2. The Morgan fingerprint density at radius 1 is 1.12 bits per heavy atom. The molecule has 0 spiro atoms. The molecule has 1 aromatic heterocycles. The number of carbonyl (C=O) groups is 1. The van der Waals surface area contributed by atoms with Crippen molar-refractivity contribution in [2.24, 2.45) is 7.05 Å². The fraction of sp³-hybridized carbons (Fsp3) is 0.292. The summed E-state index contributed by atoms with van der Waals surface area (Å²) in [6, 6.07) is 13.8. The molecule has 3 heterocycles. The first-order valence-electron chi connectivity index (χ1n) is 10.5. The summed E-state index contributed by atoms with van der Waals surface area (Å²) >= 11 is 1.48. The number of carbonyl (C=O) groups excluding carboxylic acids is 1. The minimum absolute atomic E-state index is 0.131. The Balaban J connectivity index is 1.51. The van der Waals surface area contributed by atoms with E-state index in [1.54, 1.807) is 4.57 Å². The Labute approximate surface area is 189 Å². The fourth-order valence-electron chi connectivity index (χ4n) is 4.18. The molecule has 1 N–H and O–H groups in total. The van der Waals surface area contributed by atoms with E-state index in [0.29, 0.717) is 47.0 Å². The van der Waals surface area contributed by atoms with Gasteiger partial charge in [0.25, 0.3) is 5.56 Å². The minimum atomic E-state index is -0.392. The second-order valence-corrected chi connectivity index (χ2v) is 8.95. The van der Waals surface area contributed by atoms with Crippen LogP contribution in [-0.2, 0) is 17.6 Å². The number of fused-ring (bicyclic) bond motifs is 2. The molecule has 32 heavy (non-hydrogen) atoms. The van der Waals surface area contributed by atoms with Crippen molar-refractivity contribution in [2.75, 3.05) is 18.5 Å². The van der Waals surface area contributed by atoms with Gasteiger partial charge in [0.2, 0.25) is 5.91 Å². The van der Waals surface area contributed by atoms with Gasteiger partial charge in [-0.15, -0.1) is 0 Å². The first-order valence-corrected chi connectivity index (χ1v) is 11.5. The van der Waals surface area contributed by atoms with Gasteiger partial charge >= 0.3 is 0 Å². The standard InChI is InChI=1S/C24H23N3O4S/c1-14-4-3-5-15(10-14)13-32-24-26-23(29)21-17(12-20(28)25-22(21)27(24)2)16-6-7-18-19(11-16)31-9-8-30-18/h3-7,10-11,17H,8-9,12-13H2,1-2H3,(H,25,28)/t17-/m0/s1. The van der Waals surface area contributed by atoms with Crippen LogP contribution in [0.5, 0.6) is 11.5 Å². The lowest BCUT2D eigenvalue weighted by Crippen LogP contribution is -2.33. The van der Waals surface area contributed by atoms with Gasteiger partial charge in [0.15, 0.2) is 16.7 Å². The topological polar surface area (TPSA) is 82.5 Å². The number of hydrogen-bond donors (Lipinski definition) is 1. The molecule has 8 heteroatoms. The van der Waals surface area contributed by atoms with E-state index in [0.717, 1.165) is 11.1 Å². The molecule has 2 aliphatic heterocycles. The predicted molar refractivity (Wildman–Crippen MR) is 123 cm³/mol. The van der Waals surface area contributed by atoms with Crippen LogP contribution < -0.4 is 20.3 Å². The first-order chi connectivity index (χ1) is 15.5. The van der Waals surface area contributed by atoms with E-state index >= 15 is 0 Å². The van der Waals surface area contributed by atoms with Gasteiger partial charge < -0.3 is 19.4 Å². The van der Waals surface area contributed by atoms with Crippen LogP contribution in [0.1, 0.15) is 34.6 Å². The number of amides is 1. The third kappa shape index (κ3) is 3.86. The van der Waals surface area contributed by atoms with Crippen LogP contribution in [0.25, 0.3) is 0 Å². The van der Waals surface area contributed by atoms with Gasteiger partial charge in [-0.25, -0.2) is 0 Å². The van der Waals surface area contributed by atoms with Crippen LogP contribution in [0.15, 0.2) is 52.4 Å². The maximum Gasteiger partial charge on any atom is 0.279 e. The Hall–Kier alpha value is -3.26. The SMILES string of the molecule is Cc1cccc(CSc2nc(=O)c3c(n2C)NC(=O)C[C@H]3c2ccc3c(c2)OCCO3)c1. The number of ether oxygens (including phenoxy) is 2. The van der Waals surface area contributed by atoms with Gasteiger partial charge in [-0.05, 0) is 30.2 Å². The molecule has 7 nitrogen and oxygen atoms in total. The first kappa shape index (κ1) is 20.6. The van der Waals surface area contributed by atoms with Crippen LogP contribution in [-0.4, -0.2) is 28.7 Å². The number of thioether (sulfide) groups is 1. The summed E-state index contributed by atoms with van der Waals surface area (Å²) in [5.41, 5.74) is 3.36. The van der Waals surface area contributed by atoms with Gasteiger partial charge in [-0.1, -0.05) is 47.7 Å². The van der Waals surface area contributed by atoms with Crippen molar-refractivity contribution in [3.63, 3.8) is 0 Å². The lowest BCUT2D eigenvalue weighted by molar-refractivity contribution is -0.116. The van der Waals surface area contributed by atoms with Crippen molar-refractivity contribution >= 4 is 23.5 Å². The van der Waals surface area contributed by atoms with Gasteiger partial charge in [-0.2, -0.15) is 4.98 Å². The molecule has 0 unspecified atom stereocenters. The van der Waals surface area contributed by atoms with Crippen molar-refractivity contribution < 1.29 is 14.3 Å². The molecule has 164 valence electrons. The highest BCUT2D eigenvalue weighted by Gasteiger charge is 2.32. The van der Waals surface area contributed by atoms with Gasteiger partial charge in [0, 0.05) is 25.1 Å². The fourth-order valence-corrected chi connectivity index (χ4v) is 5.08. The predicted octanol–water partition coefficient (Wildman–Crippen LogP) is 3.63. The molecule has 2 aliphatic rings. The Morgan fingerprint density at radius 3 is 2.75 bits per heavy atom. The molecule has 5 rings (SSSR count). The molecule has 1 atom stereocenters. The Morgan fingerprint density at radius 2 is 1.94 bits per heavy atom. The molecular weight excluding hydrogens is 426 g/mol. The number of aryl methyl sites for hydroxylation is 1. The number of aromatic nitrogens is 2. The van der Waals surface area contributed by atoms with Gasteiger partial charge in [0.1, 0.15) is 19.0 Å². The van der Waals surface area contributed by atoms with Crippen molar-refractivity contribution in [3.05, 3.63) is 75.1 Å². The summed E-state index contributed by atoms with van der Waals surface area (Å²) in [6.07, 6.45) is 0.180. The largest absolute Gasteiger partial charge is 0.486 e. The highest BCUT2D eigenvalue weighted by molar-refractivity contribution is 7.98. The number of rotatable bonds is 4. The third-order valence-electron chi connectivity index (χ3n) is 5.72. The molecular formula is C24H23N3O4S. The van der Waals surface area contributed by atoms with Crippen molar-refractivity contribution in [3.8, 4) is 11.5 Å². The number of nitrogens with one attached hydrogen (secondary N) is 1. The van der Waals surface area contributed by atoms with E-state index in [9.17, 15) is 9.59 Å². The van der Waals surface area contributed by atoms with E-state index < -0.39 is 5.92 Å². The minimum Gasteiger partial charge on any atom is -0.486 e. The smallest absolute Gasteiger partial charge is 0.279 e. The normalized spacial score (nSPS) is 16.9. The molecule has 0 aliphatic carbocycles. The Kier molecular flexibility index (Phi) is 5.38. The number of benzene rings is 2. The van der Waals surface area contributed by atoms with E-state index in [-0.39, 0.29) is 17.9 Å². The second-order valence-electron chi connectivity index (χ2n) is 8.01. The lowest BCUT2D eigenvalue weighted by Gasteiger charge is -2.28. The zero-order valence-electron chi connectivity index (χ0n) is 17.9. The maximum absolute atomic E-state index is 13.1. The van der Waals surface area contributed by atoms with Gasteiger partial charge in [0.05, 0.1) is 5.56 Å². The monoisotopic (exact) mass is 449 g/mol. The number of anilines is 1. The van der Waals surface area contributed by atoms with E-state index in [1.165, 1.54) is 17.3 Å². The summed E-state index contributed by atoms with van der Waals surface area (Å²) in [6.45, 7) is 3.03. The average molecular weight is 450 g/mol. The van der Waals surface area contributed by atoms with E-state index in [1.807, 2.05) is 31.3 Å². The van der Waals surface area contributed by atoms with Crippen molar-refractivity contribution in [2.45, 2.75) is 30.2 Å². The quantitative estimate of drug-likeness (QED) is 0.484. The van der Waals surface area contributed by atoms with Crippen molar-refractivity contribution in [1.82, 2.24) is 9.55 Å². The molecule has 0 bridgehead atoms.